The minimum Gasteiger partial charge on any atom is -0.411 e. The van der Waals surface area contributed by atoms with Crippen molar-refractivity contribution in [1.29, 1.82) is 0 Å². The number of benzene rings is 2. The number of hydrogen-bond acceptors (Lipinski definition) is 4. The Morgan fingerprint density at radius 1 is 1.15 bits per heavy atom. The van der Waals surface area contributed by atoms with Crippen molar-refractivity contribution in [3.05, 3.63) is 54.1 Å². The summed E-state index contributed by atoms with van der Waals surface area (Å²) in [7, 11) is 2.28. The first kappa shape index (κ1) is 17.1. The standard InChI is InChI=1S/C22H26N2O2/c1-3-17(24(2)18-12-13-18)11-8-16-9-14-19(15-10-16)25-22-23-20-6-4-5-7-21(20)26-22/h4-7,9-10,14-15,17-18H,3,8,11-13H2,1-2H3. The molecule has 0 aliphatic heterocycles. The molecule has 3 aromatic rings. The van der Waals surface area contributed by atoms with Gasteiger partial charge in [0.15, 0.2) is 5.58 Å². The van der Waals surface area contributed by atoms with Crippen LogP contribution in [0.25, 0.3) is 11.1 Å². The van der Waals surface area contributed by atoms with Crippen molar-refractivity contribution in [2.75, 3.05) is 7.05 Å². The van der Waals surface area contributed by atoms with E-state index in [4.69, 9.17) is 9.15 Å². The van der Waals surface area contributed by atoms with Crippen LogP contribution >= 0.6 is 0 Å². The highest BCUT2D eigenvalue weighted by atomic mass is 16.6. The SMILES string of the molecule is CCC(CCc1ccc(Oc2nc3ccccc3o2)cc1)N(C)C1CC1. The molecule has 0 amide bonds. The van der Waals surface area contributed by atoms with Crippen LogP contribution in [-0.2, 0) is 6.42 Å². The van der Waals surface area contributed by atoms with Crippen molar-refractivity contribution in [1.82, 2.24) is 9.88 Å². The molecule has 1 atom stereocenters. The van der Waals surface area contributed by atoms with Gasteiger partial charge < -0.3 is 14.1 Å². The fraction of sp³-hybridized carbons (Fsp3) is 0.409. The molecule has 1 heterocycles. The van der Waals surface area contributed by atoms with Gasteiger partial charge in [-0.2, -0.15) is 4.98 Å². The van der Waals surface area contributed by atoms with Crippen LogP contribution in [0, 0.1) is 0 Å². The second-order valence-corrected chi connectivity index (χ2v) is 7.19. The Bertz CT molecular complexity index is 819. The smallest absolute Gasteiger partial charge is 0.400 e. The molecule has 2 aromatic carbocycles. The fourth-order valence-electron chi connectivity index (χ4n) is 3.53. The second kappa shape index (κ2) is 7.50. The molecular formula is C22H26N2O2. The van der Waals surface area contributed by atoms with Crippen LogP contribution in [0.3, 0.4) is 0 Å². The molecule has 0 bridgehead atoms. The first-order chi connectivity index (χ1) is 12.7. The molecule has 0 radical (unpaired) electrons. The number of oxazole rings is 1. The van der Waals surface area contributed by atoms with Crippen LogP contribution in [0.15, 0.2) is 52.9 Å². The van der Waals surface area contributed by atoms with Gasteiger partial charge in [0.25, 0.3) is 0 Å². The molecule has 0 N–H and O–H groups in total. The van der Waals surface area contributed by atoms with E-state index in [1.54, 1.807) is 0 Å². The van der Waals surface area contributed by atoms with E-state index in [1.165, 1.54) is 31.2 Å². The average molecular weight is 350 g/mol. The van der Waals surface area contributed by atoms with E-state index in [1.807, 2.05) is 36.4 Å². The predicted octanol–water partition coefficient (Wildman–Crippen LogP) is 5.43. The lowest BCUT2D eigenvalue weighted by molar-refractivity contribution is 0.215. The van der Waals surface area contributed by atoms with Gasteiger partial charge in [-0.15, -0.1) is 0 Å². The lowest BCUT2D eigenvalue weighted by atomic mass is 10.0. The minimum absolute atomic E-state index is 0.288. The van der Waals surface area contributed by atoms with Gasteiger partial charge in [-0.1, -0.05) is 31.2 Å². The molecule has 4 nitrogen and oxygen atoms in total. The second-order valence-electron chi connectivity index (χ2n) is 7.19. The van der Waals surface area contributed by atoms with E-state index in [2.05, 4.69) is 36.0 Å². The summed E-state index contributed by atoms with van der Waals surface area (Å²) in [4.78, 5) is 6.92. The Morgan fingerprint density at radius 3 is 2.62 bits per heavy atom. The Labute approximate surface area is 154 Å². The summed E-state index contributed by atoms with van der Waals surface area (Å²) in [6.07, 6.45) is 6.54. The molecule has 0 saturated heterocycles. The van der Waals surface area contributed by atoms with E-state index < -0.39 is 0 Å². The summed E-state index contributed by atoms with van der Waals surface area (Å²) in [6, 6.07) is 17.4. The van der Waals surface area contributed by atoms with Crippen LogP contribution in [0.4, 0.5) is 0 Å². The topological polar surface area (TPSA) is 38.5 Å². The molecule has 0 spiro atoms. The van der Waals surface area contributed by atoms with Crippen molar-refractivity contribution >= 4 is 11.1 Å². The van der Waals surface area contributed by atoms with Gasteiger partial charge in [0.2, 0.25) is 0 Å². The molecule has 1 saturated carbocycles. The van der Waals surface area contributed by atoms with Gasteiger partial charge in [0, 0.05) is 12.1 Å². The number of hydrogen-bond donors (Lipinski definition) is 0. The maximum absolute atomic E-state index is 5.76. The van der Waals surface area contributed by atoms with Crippen LogP contribution in [-0.4, -0.2) is 29.0 Å². The number of rotatable bonds is 8. The summed E-state index contributed by atoms with van der Waals surface area (Å²) in [6.45, 7) is 2.29. The predicted molar refractivity (Wildman–Crippen MR) is 104 cm³/mol. The zero-order chi connectivity index (χ0) is 17.9. The zero-order valence-corrected chi connectivity index (χ0v) is 15.5. The molecule has 1 aliphatic carbocycles. The molecule has 1 unspecified atom stereocenters. The van der Waals surface area contributed by atoms with Gasteiger partial charge in [-0.05, 0) is 69.0 Å². The van der Waals surface area contributed by atoms with Crippen molar-refractivity contribution < 1.29 is 9.15 Å². The minimum atomic E-state index is 0.288. The monoisotopic (exact) mass is 350 g/mol. The summed E-state index contributed by atoms with van der Waals surface area (Å²) >= 11 is 0. The lowest BCUT2D eigenvalue weighted by Crippen LogP contribution is -2.33. The zero-order valence-electron chi connectivity index (χ0n) is 15.5. The summed E-state index contributed by atoms with van der Waals surface area (Å²) in [5, 5.41) is 0. The Morgan fingerprint density at radius 2 is 1.92 bits per heavy atom. The maximum atomic E-state index is 5.76. The van der Waals surface area contributed by atoms with Crippen molar-refractivity contribution in [3.63, 3.8) is 0 Å². The van der Waals surface area contributed by atoms with Crippen LogP contribution in [0.2, 0.25) is 0 Å². The van der Waals surface area contributed by atoms with Crippen molar-refractivity contribution in [3.8, 4) is 11.8 Å². The number of para-hydroxylation sites is 2. The molecule has 4 rings (SSSR count). The molecule has 136 valence electrons. The van der Waals surface area contributed by atoms with Crippen LogP contribution in [0.1, 0.15) is 38.2 Å². The average Bonchev–Trinajstić information content (AvgIpc) is 3.43. The summed E-state index contributed by atoms with van der Waals surface area (Å²) in [5.41, 5.74) is 2.89. The van der Waals surface area contributed by atoms with E-state index in [-0.39, 0.29) is 6.08 Å². The van der Waals surface area contributed by atoms with E-state index in [0.29, 0.717) is 6.04 Å². The molecule has 1 fully saturated rings. The normalized spacial score (nSPS) is 15.5. The van der Waals surface area contributed by atoms with Gasteiger partial charge in [0.05, 0.1) is 0 Å². The molecule has 26 heavy (non-hydrogen) atoms. The Kier molecular flexibility index (Phi) is 4.93. The Balaban J connectivity index is 1.35. The van der Waals surface area contributed by atoms with Gasteiger partial charge in [0.1, 0.15) is 11.3 Å². The van der Waals surface area contributed by atoms with Crippen molar-refractivity contribution in [2.45, 2.75) is 51.1 Å². The Hall–Kier alpha value is -2.33. The van der Waals surface area contributed by atoms with Crippen LogP contribution < -0.4 is 4.74 Å². The van der Waals surface area contributed by atoms with Gasteiger partial charge in [-0.25, -0.2) is 0 Å². The van der Waals surface area contributed by atoms with Crippen LogP contribution in [0.5, 0.6) is 11.8 Å². The van der Waals surface area contributed by atoms with E-state index in [9.17, 15) is 0 Å². The van der Waals surface area contributed by atoms with E-state index >= 15 is 0 Å². The summed E-state index contributed by atoms with van der Waals surface area (Å²) < 4.78 is 11.4. The highest BCUT2D eigenvalue weighted by Crippen LogP contribution is 2.29. The maximum Gasteiger partial charge on any atom is 0.400 e. The fourth-order valence-corrected chi connectivity index (χ4v) is 3.53. The number of nitrogens with zero attached hydrogens (tertiary/aromatic N) is 2. The third kappa shape index (κ3) is 3.91. The lowest BCUT2D eigenvalue weighted by Gasteiger charge is -2.27. The first-order valence-corrected chi connectivity index (χ1v) is 9.57. The third-order valence-electron chi connectivity index (χ3n) is 5.34. The third-order valence-corrected chi connectivity index (χ3v) is 5.34. The number of ether oxygens (including phenoxy) is 1. The van der Waals surface area contributed by atoms with Gasteiger partial charge in [-0.3, -0.25) is 0 Å². The van der Waals surface area contributed by atoms with Crippen molar-refractivity contribution in [2.24, 2.45) is 0 Å². The molecule has 1 aromatic heterocycles. The quantitative estimate of drug-likeness (QED) is 0.543. The first-order valence-electron chi connectivity index (χ1n) is 9.57. The highest BCUT2D eigenvalue weighted by Gasteiger charge is 2.29. The largest absolute Gasteiger partial charge is 0.411 e. The highest BCUT2D eigenvalue weighted by molar-refractivity contribution is 5.72. The molecule has 1 aliphatic rings. The molecular weight excluding hydrogens is 324 g/mol. The molecule has 4 heteroatoms. The van der Waals surface area contributed by atoms with Gasteiger partial charge >= 0.3 is 6.08 Å². The van der Waals surface area contributed by atoms with E-state index in [0.717, 1.165) is 29.3 Å². The summed E-state index contributed by atoms with van der Waals surface area (Å²) in [5.74, 6) is 0.752. The number of aryl methyl sites for hydroxylation is 1. The number of fused-ring (bicyclic) bond motifs is 1. The number of aromatic nitrogens is 1.